The van der Waals surface area contributed by atoms with Gasteiger partial charge in [-0.3, -0.25) is 37.3 Å². The summed E-state index contributed by atoms with van der Waals surface area (Å²) >= 11 is 0. The van der Waals surface area contributed by atoms with Gasteiger partial charge in [-0.05, 0) is 161 Å². The predicted octanol–water partition coefficient (Wildman–Crippen LogP) is 23.0. The first-order valence-electron chi connectivity index (χ1n) is 39.4. The fourth-order valence-corrected chi connectivity index (χ4v) is 11.3. The molecule has 0 rings (SSSR count). The molecule has 5 unspecified atom stereocenters. The highest BCUT2D eigenvalue weighted by Gasteiger charge is 2.30. The number of aliphatic hydroxyl groups excluding tert-OH is 1. The van der Waals surface area contributed by atoms with Crippen molar-refractivity contribution in [1.82, 2.24) is 0 Å². The molecule has 590 valence electrons. The van der Waals surface area contributed by atoms with Crippen molar-refractivity contribution in [3.8, 4) is 0 Å². The molecule has 0 bridgehead atoms. The fourth-order valence-electron chi connectivity index (χ4n) is 9.72. The Bertz CT molecular complexity index is 2640. The van der Waals surface area contributed by atoms with E-state index in [1.165, 1.54) is 25.7 Å². The maximum absolute atomic E-state index is 13.1. The van der Waals surface area contributed by atoms with Crippen LogP contribution < -0.4 is 0 Å². The van der Waals surface area contributed by atoms with E-state index in [0.717, 1.165) is 173 Å². The molecule has 0 aliphatic rings. The van der Waals surface area contributed by atoms with Gasteiger partial charge in [-0.1, -0.05) is 268 Å². The van der Waals surface area contributed by atoms with Crippen molar-refractivity contribution in [2.24, 2.45) is 0 Å². The lowest BCUT2D eigenvalue weighted by atomic mass is 10.1. The maximum atomic E-state index is 13.1. The van der Waals surface area contributed by atoms with Crippen LogP contribution in [0.2, 0.25) is 0 Å². The number of phosphoric ester groups is 2. The number of hydrogen-bond acceptors (Lipinski definition) is 15. The Morgan fingerprint density at radius 3 is 0.885 bits per heavy atom. The summed E-state index contributed by atoms with van der Waals surface area (Å²) in [7, 11) is -10.0. The van der Waals surface area contributed by atoms with Crippen molar-refractivity contribution < 1.29 is 80.2 Å². The normalized spacial score (nSPS) is 14.8. The van der Waals surface area contributed by atoms with Gasteiger partial charge in [-0.15, -0.1) is 0 Å². The Labute approximate surface area is 629 Å². The molecule has 0 fully saturated rings. The summed E-state index contributed by atoms with van der Waals surface area (Å²) in [5, 5.41) is 10.6. The molecule has 0 aliphatic heterocycles. The number of carbonyl (C=O) groups excluding carboxylic acids is 4. The van der Waals surface area contributed by atoms with E-state index in [2.05, 4.69) is 180 Å². The van der Waals surface area contributed by atoms with Gasteiger partial charge < -0.3 is 33.8 Å². The van der Waals surface area contributed by atoms with Crippen molar-refractivity contribution in [3.63, 3.8) is 0 Å². The van der Waals surface area contributed by atoms with Crippen LogP contribution in [-0.2, 0) is 65.4 Å². The molecule has 3 N–H and O–H groups in total. The minimum Gasteiger partial charge on any atom is -0.462 e. The zero-order valence-electron chi connectivity index (χ0n) is 64.4. The number of esters is 4. The van der Waals surface area contributed by atoms with Crippen molar-refractivity contribution in [2.75, 3.05) is 39.6 Å². The molecule has 0 saturated carbocycles. The number of allylic oxidation sites excluding steroid dienone is 28. The van der Waals surface area contributed by atoms with E-state index in [1.54, 1.807) is 0 Å². The average Bonchev–Trinajstić information content (AvgIpc) is 0.913. The Kier molecular flexibility index (Phi) is 71.6. The van der Waals surface area contributed by atoms with Gasteiger partial charge in [0.2, 0.25) is 0 Å². The van der Waals surface area contributed by atoms with Crippen molar-refractivity contribution in [3.05, 3.63) is 170 Å². The zero-order chi connectivity index (χ0) is 76.0. The van der Waals surface area contributed by atoms with E-state index in [1.807, 2.05) is 18.2 Å². The Morgan fingerprint density at radius 2 is 0.538 bits per heavy atom. The Balaban J connectivity index is 5.45. The summed E-state index contributed by atoms with van der Waals surface area (Å²) in [5.74, 6) is -2.35. The summed E-state index contributed by atoms with van der Waals surface area (Å²) in [4.78, 5) is 72.9. The summed E-state index contributed by atoms with van der Waals surface area (Å²) in [6, 6.07) is 0. The van der Waals surface area contributed by atoms with Gasteiger partial charge in [0, 0.05) is 25.7 Å². The van der Waals surface area contributed by atoms with E-state index in [-0.39, 0.29) is 25.7 Å². The molecule has 17 nitrogen and oxygen atoms in total. The monoisotopic (exact) mass is 1490 g/mol. The molecule has 0 heterocycles. The first-order valence-corrected chi connectivity index (χ1v) is 42.4. The second-order valence-corrected chi connectivity index (χ2v) is 28.4. The first kappa shape index (κ1) is 98.4. The smallest absolute Gasteiger partial charge is 0.462 e. The van der Waals surface area contributed by atoms with Crippen LogP contribution in [-0.4, -0.2) is 96.7 Å². The molecule has 0 aromatic heterocycles. The second-order valence-electron chi connectivity index (χ2n) is 25.5. The third-order valence-electron chi connectivity index (χ3n) is 15.6. The fraction of sp³-hybridized carbons (Fsp3) is 0.624. The lowest BCUT2D eigenvalue weighted by molar-refractivity contribution is -0.161. The van der Waals surface area contributed by atoms with E-state index in [9.17, 15) is 43.2 Å². The summed E-state index contributed by atoms with van der Waals surface area (Å²) in [6.45, 7) is 4.39. The van der Waals surface area contributed by atoms with Gasteiger partial charge in [0.05, 0.1) is 26.4 Å². The maximum Gasteiger partial charge on any atom is 0.472 e. The van der Waals surface area contributed by atoms with Crippen LogP contribution in [0.5, 0.6) is 0 Å². The van der Waals surface area contributed by atoms with Crippen LogP contribution in [0, 0.1) is 0 Å². The minimum absolute atomic E-state index is 0.0289. The van der Waals surface area contributed by atoms with Crippen molar-refractivity contribution in [1.29, 1.82) is 0 Å². The van der Waals surface area contributed by atoms with Crippen LogP contribution in [0.1, 0.15) is 285 Å². The summed E-state index contributed by atoms with van der Waals surface area (Å²) in [6.07, 6.45) is 89.3. The summed E-state index contributed by atoms with van der Waals surface area (Å²) < 4.78 is 68.4. The zero-order valence-corrected chi connectivity index (χ0v) is 66.2. The van der Waals surface area contributed by atoms with E-state index in [4.69, 9.17) is 37.0 Å². The van der Waals surface area contributed by atoms with Crippen LogP contribution in [0.3, 0.4) is 0 Å². The van der Waals surface area contributed by atoms with Crippen LogP contribution in [0.25, 0.3) is 0 Å². The minimum atomic E-state index is -5.00. The van der Waals surface area contributed by atoms with E-state index < -0.39 is 97.5 Å². The lowest BCUT2D eigenvalue weighted by Gasteiger charge is -2.21. The van der Waals surface area contributed by atoms with Gasteiger partial charge in [0.1, 0.15) is 19.3 Å². The summed E-state index contributed by atoms with van der Waals surface area (Å²) in [5.41, 5.74) is 0. The number of phosphoric acid groups is 2. The molecule has 0 saturated heterocycles. The molecule has 19 heteroatoms. The van der Waals surface area contributed by atoms with Crippen LogP contribution in [0.15, 0.2) is 170 Å². The molecule has 0 aromatic rings. The highest BCUT2D eigenvalue weighted by atomic mass is 31.2. The Morgan fingerprint density at radius 1 is 0.279 bits per heavy atom. The second kappa shape index (κ2) is 75.6. The SMILES string of the molecule is CC/C=C\C/C=C\C/C=C\C/C=C\C/C=C\C/C=C\CCC(=O)OCC(COP(=O)(O)OCC(O)COP(=O)(O)OCC(COC(=O)CCCCC/C=C\C/C=C\C/C=C\C/C=C\C/C=C\CC)OC(=O)CCCCCCC/C=C\C/C=C\CCC)OC(=O)CCCCCCC/C=C\CCCCCC. The van der Waals surface area contributed by atoms with Crippen molar-refractivity contribution in [2.45, 2.75) is 303 Å². The van der Waals surface area contributed by atoms with Gasteiger partial charge in [-0.2, -0.15) is 0 Å². The number of rotatable bonds is 72. The average molecular weight is 1490 g/mol. The highest BCUT2D eigenvalue weighted by Crippen LogP contribution is 2.45. The lowest BCUT2D eigenvalue weighted by Crippen LogP contribution is -2.30. The molecule has 5 atom stereocenters. The third kappa shape index (κ3) is 74.7. The molecule has 0 aromatic carbocycles. The predicted molar refractivity (Wildman–Crippen MR) is 426 cm³/mol. The molecule has 104 heavy (non-hydrogen) atoms. The highest BCUT2D eigenvalue weighted by molar-refractivity contribution is 7.47. The van der Waals surface area contributed by atoms with E-state index in [0.29, 0.717) is 32.1 Å². The topological polar surface area (TPSA) is 237 Å². The number of aliphatic hydroxyl groups is 1. The van der Waals surface area contributed by atoms with E-state index >= 15 is 0 Å². The molecule has 0 amide bonds. The van der Waals surface area contributed by atoms with Crippen LogP contribution in [0.4, 0.5) is 0 Å². The number of carbonyl (C=O) groups is 4. The van der Waals surface area contributed by atoms with Gasteiger partial charge >= 0.3 is 39.5 Å². The van der Waals surface area contributed by atoms with Crippen LogP contribution >= 0.6 is 15.6 Å². The molecular formula is C85H138O17P2. The standard InChI is InChI=1S/C85H138O17P2/c1-5-9-13-17-21-25-29-33-35-37-39-41-43-47-49-53-57-61-65-69-82(87)95-75-80(101-84(89)71-67-63-59-55-51-45-31-27-23-19-15-11-7-3)77-99-103(91,92)97-73-79(86)74-98-104(93,94)100-78-81(102-85(90)72-68-64-60-56-52-46-32-28-24-20-16-12-8-4)76-96-83(88)70-66-62-58-54-50-48-44-42-40-38-36-34-30-26-22-18-14-10-6-2/h9-10,13-15,19,21-22,25-28,31-36,39-42,47-50,58,62,79-81,86H,5-8,11-12,16-18,20,23-24,29-30,37-38,43-46,51-57,59-61,63-78H2,1-4H3,(H,91,92)(H,93,94)/b13-9-,14-10-,19-15-,25-21-,26-22-,31-27-,32-28-,35-33-,36-34-,41-39-,42-40-,49-47-,50-48-,62-58-. The third-order valence-corrected chi connectivity index (χ3v) is 17.5. The molecule has 0 spiro atoms. The Hall–Kier alpha value is -5.58. The largest absolute Gasteiger partial charge is 0.472 e. The van der Waals surface area contributed by atoms with Crippen molar-refractivity contribution >= 4 is 39.5 Å². The first-order chi connectivity index (χ1) is 50.7. The quantitative estimate of drug-likeness (QED) is 0.0169. The molecular weight excluding hydrogens is 1350 g/mol. The van der Waals surface area contributed by atoms with Gasteiger partial charge in [0.25, 0.3) is 0 Å². The van der Waals surface area contributed by atoms with Gasteiger partial charge in [0.15, 0.2) is 12.2 Å². The number of ether oxygens (including phenoxy) is 4. The number of unbranched alkanes of at least 4 members (excludes halogenated alkanes) is 18. The number of hydrogen-bond donors (Lipinski definition) is 3. The van der Waals surface area contributed by atoms with Gasteiger partial charge in [-0.25, -0.2) is 9.13 Å². The molecule has 0 radical (unpaired) electrons. The molecule has 0 aliphatic carbocycles.